The summed E-state index contributed by atoms with van der Waals surface area (Å²) >= 11 is 1.33. The zero-order chi connectivity index (χ0) is 20.4. The van der Waals surface area contributed by atoms with Crippen molar-refractivity contribution >= 4 is 34.4 Å². The molecule has 0 radical (unpaired) electrons. The molecule has 0 saturated carbocycles. The molecule has 0 bridgehead atoms. The van der Waals surface area contributed by atoms with Gasteiger partial charge in [0, 0.05) is 22.9 Å². The number of nitriles is 1. The molecule has 0 spiro atoms. The van der Waals surface area contributed by atoms with E-state index >= 15 is 0 Å². The molecule has 2 aliphatic rings. The van der Waals surface area contributed by atoms with Crippen molar-refractivity contribution in [2.75, 3.05) is 18.4 Å². The number of alkyl halides is 1. The number of hydrogen-bond acceptors (Lipinski definition) is 6. The number of thiophene rings is 1. The number of anilines is 1. The minimum Gasteiger partial charge on any atom is -0.472 e. The Hall–Kier alpha value is -3.12. The van der Waals surface area contributed by atoms with Crippen LogP contribution in [0.1, 0.15) is 28.0 Å². The lowest BCUT2D eigenvalue weighted by molar-refractivity contribution is -0.111. The third kappa shape index (κ3) is 4.17. The Bertz CT molecular complexity index is 986. The van der Waals surface area contributed by atoms with Gasteiger partial charge in [0.1, 0.15) is 23.3 Å². The maximum Gasteiger partial charge on any atom is 0.410 e. The lowest BCUT2D eigenvalue weighted by atomic mass is 9.94. The molecule has 2 amide bonds. The van der Waals surface area contributed by atoms with Crippen LogP contribution in [-0.4, -0.2) is 42.3 Å². The third-order valence-electron chi connectivity index (χ3n) is 4.90. The predicted octanol–water partition coefficient (Wildman–Crippen LogP) is 3.51. The first kappa shape index (κ1) is 19.2. The Labute approximate surface area is 170 Å². The van der Waals surface area contributed by atoms with E-state index in [1.165, 1.54) is 34.8 Å². The summed E-state index contributed by atoms with van der Waals surface area (Å²) in [5.41, 5.74) is 2.12. The highest BCUT2D eigenvalue weighted by Gasteiger charge is 2.34. The maximum absolute atomic E-state index is 12.9. The molecule has 0 aromatic carbocycles. The van der Waals surface area contributed by atoms with E-state index in [1.54, 1.807) is 12.1 Å². The summed E-state index contributed by atoms with van der Waals surface area (Å²) in [5.74, 6) is -0.345. The predicted molar refractivity (Wildman–Crippen MR) is 104 cm³/mol. The molecule has 9 heteroatoms. The second-order valence-corrected chi connectivity index (χ2v) is 8.05. The monoisotopic (exact) mass is 415 g/mol. The van der Waals surface area contributed by atoms with Crippen LogP contribution in [0.15, 0.2) is 29.1 Å². The Morgan fingerprint density at radius 1 is 1.45 bits per heavy atom. The van der Waals surface area contributed by atoms with E-state index in [0.29, 0.717) is 29.8 Å². The number of halogens is 1. The first-order chi connectivity index (χ1) is 14.0. The summed E-state index contributed by atoms with van der Waals surface area (Å²) in [7, 11) is 0. The Balaban J connectivity index is 1.41. The highest BCUT2D eigenvalue weighted by molar-refractivity contribution is 7.16. The highest BCUT2D eigenvalue weighted by atomic mass is 32.1. The first-order valence-corrected chi connectivity index (χ1v) is 10.0. The molecule has 1 atom stereocenters. The van der Waals surface area contributed by atoms with Crippen LogP contribution in [0.2, 0.25) is 0 Å². The van der Waals surface area contributed by atoms with Crippen molar-refractivity contribution in [3.63, 3.8) is 0 Å². The van der Waals surface area contributed by atoms with Crippen LogP contribution in [0.3, 0.4) is 0 Å². The smallest absolute Gasteiger partial charge is 0.410 e. The number of amides is 2. The zero-order valence-electron chi connectivity index (χ0n) is 15.4. The average molecular weight is 415 g/mol. The topological polar surface area (TPSA) is 95.6 Å². The van der Waals surface area contributed by atoms with Crippen molar-refractivity contribution in [2.24, 2.45) is 0 Å². The number of fused-ring (bicyclic) bond motifs is 1. The fourth-order valence-corrected chi connectivity index (χ4v) is 4.61. The summed E-state index contributed by atoms with van der Waals surface area (Å²) in [5, 5.41) is 12.8. The molecule has 3 heterocycles. The summed E-state index contributed by atoms with van der Waals surface area (Å²) in [6.07, 6.45) is 5.89. The number of carbonyl (C=O) groups is 2. The van der Waals surface area contributed by atoms with Gasteiger partial charge in [0.15, 0.2) is 0 Å². The van der Waals surface area contributed by atoms with Crippen molar-refractivity contribution in [3.8, 4) is 6.07 Å². The number of rotatable bonds is 4. The van der Waals surface area contributed by atoms with E-state index in [4.69, 9.17) is 9.15 Å². The molecule has 1 fully saturated rings. The molecular formula is C20H18FN3O4S. The van der Waals surface area contributed by atoms with Crippen LogP contribution in [0.4, 0.5) is 14.2 Å². The number of hydrogen-bond donors (Lipinski definition) is 1. The van der Waals surface area contributed by atoms with Crippen molar-refractivity contribution in [2.45, 2.75) is 31.5 Å². The molecule has 1 N–H and O–H groups in total. The van der Waals surface area contributed by atoms with Gasteiger partial charge < -0.3 is 19.4 Å². The number of furan rings is 1. The van der Waals surface area contributed by atoms with E-state index in [0.717, 1.165) is 16.0 Å². The molecule has 2 aromatic rings. The van der Waals surface area contributed by atoms with Crippen molar-refractivity contribution in [1.82, 2.24) is 4.90 Å². The summed E-state index contributed by atoms with van der Waals surface area (Å²) in [6.45, 7) is 0.161. The van der Waals surface area contributed by atoms with Crippen LogP contribution < -0.4 is 5.32 Å². The molecular weight excluding hydrogens is 397 g/mol. The van der Waals surface area contributed by atoms with Gasteiger partial charge in [-0.3, -0.25) is 4.79 Å². The van der Waals surface area contributed by atoms with E-state index in [9.17, 15) is 19.2 Å². The lowest BCUT2D eigenvalue weighted by Gasteiger charge is -2.35. The van der Waals surface area contributed by atoms with E-state index < -0.39 is 12.3 Å². The second kappa shape index (κ2) is 8.09. The number of nitrogens with one attached hydrogen (secondary N) is 1. The molecule has 1 saturated heterocycles. The van der Waals surface area contributed by atoms with Crippen LogP contribution in [0.25, 0.3) is 6.08 Å². The van der Waals surface area contributed by atoms with Gasteiger partial charge in [0.25, 0.3) is 0 Å². The van der Waals surface area contributed by atoms with Crippen LogP contribution >= 0.6 is 11.3 Å². The quantitative estimate of drug-likeness (QED) is 0.771. The molecule has 1 aliphatic heterocycles. The summed E-state index contributed by atoms with van der Waals surface area (Å²) < 4.78 is 23.3. The van der Waals surface area contributed by atoms with Crippen LogP contribution in [0.5, 0.6) is 0 Å². The largest absolute Gasteiger partial charge is 0.472 e. The molecule has 1 aliphatic carbocycles. The Kier molecular flexibility index (Phi) is 5.36. The molecule has 150 valence electrons. The first-order valence-electron chi connectivity index (χ1n) is 9.19. The molecule has 4 rings (SSSR count). The van der Waals surface area contributed by atoms with Gasteiger partial charge in [-0.2, -0.15) is 5.26 Å². The van der Waals surface area contributed by atoms with Gasteiger partial charge >= 0.3 is 6.09 Å². The number of likely N-dealkylation sites (tertiary alicyclic amines) is 1. The minimum atomic E-state index is -0.968. The van der Waals surface area contributed by atoms with E-state index in [2.05, 4.69) is 11.4 Å². The van der Waals surface area contributed by atoms with Gasteiger partial charge in [0.2, 0.25) is 5.91 Å². The summed E-state index contributed by atoms with van der Waals surface area (Å²) in [6, 6.07) is 3.90. The zero-order valence-corrected chi connectivity index (χ0v) is 16.2. The van der Waals surface area contributed by atoms with Crippen molar-refractivity contribution < 1.29 is 23.1 Å². The molecule has 29 heavy (non-hydrogen) atoms. The Morgan fingerprint density at radius 2 is 2.28 bits per heavy atom. The van der Waals surface area contributed by atoms with E-state index in [1.807, 2.05) is 0 Å². The number of carbonyl (C=O) groups excluding carboxylic acids is 2. The molecule has 1 unspecified atom stereocenters. The molecule has 7 nitrogen and oxygen atoms in total. The van der Waals surface area contributed by atoms with E-state index in [-0.39, 0.29) is 25.1 Å². The normalized spacial score (nSPS) is 18.8. The van der Waals surface area contributed by atoms with Gasteiger partial charge in [0.05, 0.1) is 31.2 Å². The summed E-state index contributed by atoms with van der Waals surface area (Å²) in [4.78, 5) is 26.5. The molecule has 2 aromatic heterocycles. The van der Waals surface area contributed by atoms with Crippen molar-refractivity contribution in [1.29, 1.82) is 5.26 Å². The van der Waals surface area contributed by atoms with Gasteiger partial charge in [-0.1, -0.05) is 0 Å². The third-order valence-corrected chi connectivity index (χ3v) is 6.07. The fraction of sp³-hybridized carbons (Fsp3) is 0.350. The van der Waals surface area contributed by atoms with Gasteiger partial charge in [-0.05, 0) is 30.5 Å². The van der Waals surface area contributed by atoms with Gasteiger partial charge in [-0.15, -0.1) is 11.3 Å². The van der Waals surface area contributed by atoms with Gasteiger partial charge in [-0.25, -0.2) is 9.18 Å². The lowest BCUT2D eigenvalue weighted by Crippen LogP contribution is -2.52. The fourth-order valence-electron chi connectivity index (χ4n) is 3.35. The standard InChI is InChI=1S/C20H18FN3O4S/c21-13-9-24(10-13)20(26)28-14-2-3-15-16(8-22)19(29-17(15)7-14)23-18(25)4-1-12-5-6-27-11-12/h1,4-6,11,13-14H,2-3,7,9-10H2,(H,23,25). The van der Waals surface area contributed by atoms with Crippen molar-refractivity contribution in [3.05, 3.63) is 46.2 Å². The highest BCUT2D eigenvalue weighted by Crippen LogP contribution is 2.38. The number of ether oxygens (including phenoxy) is 1. The second-order valence-electron chi connectivity index (χ2n) is 6.95. The minimum absolute atomic E-state index is 0.0803. The van der Waals surface area contributed by atoms with Crippen LogP contribution in [0, 0.1) is 11.3 Å². The number of nitrogens with zero attached hydrogens (tertiary/aromatic N) is 2. The Morgan fingerprint density at radius 3 is 2.97 bits per heavy atom. The SMILES string of the molecule is N#Cc1c(NC(=O)C=Cc2ccoc2)sc2c1CCC(OC(=O)N1CC(F)C1)C2. The maximum atomic E-state index is 12.9. The van der Waals surface area contributed by atoms with Crippen LogP contribution in [-0.2, 0) is 22.4 Å². The average Bonchev–Trinajstić information content (AvgIpc) is 3.30.